The molecule has 0 amide bonds. The number of carboxylic acids is 1. The molecule has 0 bridgehead atoms. The van der Waals surface area contributed by atoms with Gasteiger partial charge in [0.25, 0.3) is 0 Å². The second-order valence-electron chi connectivity index (χ2n) is 7.70. The average Bonchev–Trinajstić information content (AvgIpc) is 3.12. The number of aliphatic hydroxyl groups is 2. The van der Waals surface area contributed by atoms with Crippen LogP contribution in [0.15, 0.2) is 48.9 Å². The Morgan fingerprint density at radius 2 is 1.91 bits per heavy atom. The van der Waals surface area contributed by atoms with Crippen LogP contribution >= 0.6 is 0 Å². The van der Waals surface area contributed by atoms with Crippen molar-refractivity contribution in [2.45, 2.75) is 44.8 Å². The molecular weight excluding hydrogens is 415 g/mol. The smallest absolute Gasteiger partial charge is 0.305 e. The van der Waals surface area contributed by atoms with E-state index in [4.69, 9.17) is 10.2 Å². The normalized spacial score (nSPS) is 13.6. The minimum atomic E-state index is -1.17. The van der Waals surface area contributed by atoms with E-state index in [9.17, 15) is 19.4 Å². The first-order valence-corrected chi connectivity index (χ1v) is 10.2. The summed E-state index contributed by atoms with van der Waals surface area (Å²) in [5.41, 5.74) is 2.76. The van der Waals surface area contributed by atoms with Crippen molar-refractivity contribution in [3.63, 3.8) is 0 Å². The summed E-state index contributed by atoms with van der Waals surface area (Å²) in [5, 5.41) is 33.6. The molecule has 0 aliphatic carbocycles. The first-order valence-electron chi connectivity index (χ1n) is 10.2. The first-order chi connectivity index (χ1) is 15.3. The van der Waals surface area contributed by atoms with Crippen molar-refractivity contribution in [1.29, 1.82) is 0 Å². The SMILES string of the molecule is CC(C)c1nn(-c2cnccn2)c(-c2ccc(F)cc2)c1C=C[C@@H](O)CC(O)CC(=O)O. The van der Waals surface area contributed by atoms with Crippen LogP contribution in [0.1, 0.15) is 43.9 Å². The fraction of sp³-hybridized carbons (Fsp3) is 0.304. The number of hydrogen-bond donors (Lipinski definition) is 3. The molecule has 32 heavy (non-hydrogen) atoms. The Morgan fingerprint density at radius 1 is 1.19 bits per heavy atom. The van der Waals surface area contributed by atoms with Gasteiger partial charge < -0.3 is 15.3 Å². The van der Waals surface area contributed by atoms with E-state index < -0.39 is 24.6 Å². The monoisotopic (exact) mass is 440 g/mol. The van der Waals surface area contributed by atoms with Crippen LogP contribution < -0.4 is 0 Å². The van der Waals surface area contributed by atoms with E-state index in [2.05, 4.69) is 9.97 Å². The number of rotatable bonds is 9. The second-order valence-corrected chi connectivity index (χ2v) is 7.70. The van der Waals surface area contributed by atoms with Gasteiger partial charge in [0.05, 0.1) is 36.2 Å². The third-order valence-corrected chi connectivity index (χ3v) is 4.79. The van der Waals surface area contributed by atoms with Crippen LogP contribution in [0.2, 0.25) is 0 Å². The lowest BCUT2D eigenvalue weighted by Crippen LogP contribution is -2.19. The molecule has 1 aromatic carbocycles. The van der Waals surface area contributed by atoms with E-state index in [1.54, 1.807) is 41.5 Å². The van der Waals surface area contributed by atoms with Crippen LogP contribution in [0, 0.1) is 5.82 Å². The third kappa shape index (κ3) is 5.63. The van der Waals surface area contributed by atoms with Gasteiger partial charge in [-0.05, 0) is 30.2 Å². The lowest BCUT2D eigenvalue weighted by molar-refractivity contribution is -0.139. The van der Waals surface area contributed by atoms with Gasteiger partial charge in [0.15, 0.2) is 5.82 Å². The molecule has 2 heterocycles. The standard InChI is InChI=1S/C23H25FN4O4/c1-14(2)22-19(8-7-17(29)11-18(30)12-21(31)32)23(15-3-5-16(24)6-4-15)28(27-22)20-13-25-9-10-26-20/h3-10,13-14,17-18,29-30H,11-12H2,1-2H3,(H,31,32)/t17-,18?/m1/s1. The van der Waals surface area contributed by atoms with Gasteiger partial charge in [-0.15, -0.1) is 0 Å². The number of benzene rings is 1. The number of halogens is 1. The maximum Gasteiger partial charge on any atom is 0.305 e. The van der Waals surface area contributed by atoms with E-state index in [-0.39, 0.29) is 18.2 Å². The molecule has 168 valence electrons. The van der Waals surface area contributed by atoms with Gasteiger partial charge in [-0.2, -0.15) is 5.10 Å². The summed E-state index contributed by atoms with van der Waals surface area (Å²) in [5.74, 6) is -1.02. The zero-order chi connectivity index (χ0) is 23.3. The number of hydrogen-bond acceptors (Lipinski definition) is 6. The average molecular weight is 440 g/mol. The zero-order valence-electron chi connectivity index (χ0n) is 17.8. The number of carbonyl (C=O) groups is 1. The molecule has 1 unspecified atom stereocenters. The minimum Gasteiger partial charge on any atom is -0.481 e. The van der Waals surface area contributed by atoms with E-state index >= 15 is 0 Å². The summed E-state index contributed by atoms with van der Waals surface area (Å²) < 4.78 is 15.2. The van der Waals surface area contributed by atoms with Crippen LogP contribution in [0.4, 0.5) is 4.39 Å². The van der Waals surface area contributed by atoms with Gasteiger partial charge in [0.2, 0.25) is 0 Å². The van der Waals surface area contributed by atoms with Crippen LogP contribution in [0.5, 0.6) is 0 Å². The van der Waals surface area contributed by atoms with Crippen molar-refractivity contribution in [2.75, 3.05) is 0 Å². The largest absolute Gasteiger partial charge is 0.481 e. The molecule has 0 aliphatic rings. The summed E-state index contributed by atoms with van der Waals surface area (Å²) in [7, 11) is 0. The van der Waals surface area contributed by atoms with Gasteiger partial charge in [-0.1, -0.05) is 26.0 Å². The Bertz CT molecular complexity index is 1080. The minimum absolute atomic E-state index is 0.0153. The number of aliphatic hydroxyl groups excluding tert-OH is 2. The quantitative estimate of drug-likeness (QED) is 0.467. The molecule has 0 saturated carbocycles. The Balaban J connectivity index is 2.08. The molecule has 0 spiro atoms. The highest BCUT2D eigenvalue weighted by molar-refractivity contribution is 5.75. The van der Waals surface area contributed by atoms with Crippen molar-refractivity contribution in [2.24, 2.45) is 0 Å². The molecule has 2 aromatic heterocycles. The van der Waals surface area contributed by atoms with Crippen molar-refractivity contribution >= 4 is 12.0 Å². The predicted molar refractivity (Wildman–Crippen MR) is 117 cm³/mol. The molecule has 8 nitrogen and oxygen atoms in total. The van der Waals surface area contributed by atoms with Gasteiger partial charge in [0, 0.05) is 29.9 Å². The number of carboxylic acid groups (broad SMARTS) is 1. The molecule has 3 N–H and O–H groups in total. The highest BCUT2D eigenvalue weighted by Crippen LogP contribution is 2.33. The molecule has 0 radical (unpaired) electrons. The summed E-state index contributed by atoms with van der Waals surface area (Å²) in [6.07, 6.45) is 5.03. The van der Waals surface area contributed by atoms with E-state index in [1.807, 2.05) is 13.8 Å². The van der Waals surface area contributed by atoms with Crippen LogP contribution in [0.25, 0.3) is 23.2 Å². The van der Waals surface area contributed by atoms with E-state index in [1.165, 1.54) is 18.2 Å². The highest BCUT2D eigenvalue weighted by atomic mass is 19.1. The molecule has 2 atom stereocenters. The van der Waals surface area contributed by atoms with E-state index in [0.717, 1.165) is 5.69 Å². The lowest BCUT2D eigenvalue weighted by atomic mass is 9.98. The maximum absolute atomic E-state index is 13.6. The zero-order valence-corrected chi connectivity index (χ0v) is 17.8. The summed E-state index contributed by atoms with van der Waals surface area (Å²) >= 11 is 0. The van der Waals surface area contributed by atoms with Crippen LogP contribution in [-0.2, 0) is 4.79 Å². The Kier molecular flexibility index (Phi) is 7.45. The molecule has 3 rings (SSSR count). The number of aliphatic carboxylic acids is 1. The molecule has 9 heteroatoms. The summed E-state index contributed by atoms with van der Waals surface area (Å²) in [6, 6.07) is 5.97. The second kappa shape index (κ2) is 10.3. The number of nitrogens with zero attached hydrogens (tertiary/aromatic N) is 4. The topological polar surface area (TPSA) is 121 Å². The predicted octanol–water partition coefficient (Wildman–Crippen LogP) is 3.19. The molecule has 3 aromatic rings. The van der Waals surface area contributed by atoms with Gasteiger partial charge in [-0.25, -0.2) is 14.1 Å². The summed E-state index contributed by atoms with van der Waals surface area (Å²) in [4.78, 5) is 19.2. The number of aromatic nitrogens is 4. The Hall–Kier alpha value is -3.43. The van der Waals surface area contributed by atoms with E-state index in [0.29, 0.717) is 22.6 Å². The van der Waals surface area contributed by atoms with Crippen molar-refractivity contribution in [3.05, 3.63) is 66.0 Å². The first kappa shape index (κ1) is 23.2. The van der Waals surface area contributed by atoms with Gasteiger partial charge >= 0.3 is 5.97 Å². The van der Waals surface area contributed by atoms with Crippen molar-refractivity contribution in [3.8, 4) is 17.1 Å². The Morgan fingerprint density at radius 3 is 2.50 bits per heavy atom. The van der Waals surface area contributed by atoms with Crippen LogP contribution in [-0.4, -0.2) is 53.2 Å². The Labute approximate surface area is 184 Å². The van der Waals surface area contributed by atoms with Gasteiger partial charge in [-0.3, -0.25) is 9.78 Å². The molecule has 0 saturated heterocycles. The highest BCUT2D eigenvalue weighted by Gasteiger charge is 2.22. The van der Waals surface area contributed by atoms with Crippen molar-refractivity contribution < 1.29 is 24.5 Å². The lowest BCUT2D eigenvalue weighted by Gasteiger charge is -2.11. The fourth-order valence-electron chi connectivity index (χ4n) is 3.34. The van der Waals surface area contributed by atoms with Gasteiger partial charge in [0.1, 0.15) is 5.82 Å². The van der Waals surface area contributed by atoms with Crippen molar-refractivity contribution in [1.82, 2.24) is 19.7 Å². The summed E-state index contributed by atoms with van der Waals surface area (Å²) in [6.45, 7) is 3.95. The fourth-order valence-corrected chi connectivity index (χ4v) is 3.34. The van der Waals surface area contributed by atoms with Crippen LogP contribution in [0.3, 0.4) is 0 Å². The molecule has 0 aliphatic heterocycles. The molecular formula is C23H25FN4O4. The molecule has 0 fully saturated rings. The maximum atomic E-state index is 13.6. The third-order valence-electron chi connectivity index (χ3n) is 4.79.